The van der Waals surface area contributed by atoms with E-state index in [1.807, 2.05) is 30.7 Å². The Morgan fingerprint density at radius 1 is 1.28 bits per heavy atom. The Kier molecular flexibility index (Phi) is 5.60. The lowest BCUT2D eigenvalue weighted by Gasteiger charge is -2.21. The van der Waals surface area contributed by atoms with E-state index in [4.69, 9.17) is 4.74 Å². The lowest BCUT2D eigenvalue weighted by Crippen LogP contribution is -2.36. The van der Waals surface area contributed by atoms with E-state index in [1.165, 1.54) is 0 Å². The van der Waals surface area contributed by atoms with Gasteiger partial charge >= 0.3 is 0 Å². The number of carbonyl (C=O) groups excluding carboxylic acids is 1. The van der Waals surface area contributed by atoms with Crippen LogP contribution in [0.4, 0.5) is 5.82 Å². The van der Waals surface area contributed by atoms with Gasteiger partial charge in [0.25, 0.3) is 0 Å². The van der Waals surface area contributed by atoms with Crippen molar-refractivity contribution in [3.8, 4) is 5.82 Å². The predicted molar refractivity (Wildman–Crippen MR) is 93.7 cm³/mol. The maximum atomic E-state index is 12.1. The number of ether oxygens (including phenoxy) is 1. The molecule has 1 aliphatic heterocycles. The van der Waals surface area contributed by atoms with Gasteiger partial charge in [-0.25, -0.2) is 15.0 Å². The quantitative estimate of drug-likeness (QED) is 0.766. The number of imidazole rings is 1. The lowest BCUT2D eigenvalue weighted by atomic mass is 9.99. The Bertz CT molecular complexity index is 724. The van der Waals surface area contributed by atoms with Gasteiger partial charge < -0.3 is 15.4 Å². The average Bonchev–Trinajstić information content (AvgIpc) is 3.05. The third-order valence-corrected chi connectivity index (χ3v) is 4.22. The van der Waals surface area contributed by atoms with Crippen molar-refractivity contribution in [3.05, 3.63) is 30.1 Å². The number of amides is 1. The first-order chi connectivity index (χ1) is 12.1. The zero-order valence-corrected chi connectivity index (χ0v) is 14.7. The molecule has 3 rings (SSSR count). The van der Waals surface area contributed by atoms with Crippen molar-refractivity contribution < 1.29 is 9.53 Å². The van der Waals surface area contributed by atoms with E-state index < -0.39 is 0 Å². The molecular weight excluding hydrogens is 320 g/mol. The molecule has 1 saturated heterocycles. The number of nitrogens with one attached hydrogen (secondary N) is 2. The number of carbonyl (C=O) groups is 1. The molecular formula is C17H24N6O2. The van der Waals surface area contributed by atoms with Crippen LogP contribution in [0.3, 0.4) is 0 Å². The fourth-order valence-corrected chi connectivity index (χ4v) is 2.87. The maximum Gasteiger partial charge on any atom is 0.223 e. The van der Waals surface area contributed by atoms with Crippen molar-refractivity contribution in [2.75, 3.05) is 31.6 Å². The van der Waals surface area contributed by atoms with Crippen molar-refractivity contribution in [1.82, 2.24) is 24.8 Å². The molecule has 25 heavy (non-hydrogen) atoms. The smallest absolute Gasteiger partial charge is 0.223 e. The standard InChI is InChI=1S/C17H24N6O2/c1-12-21-15(11-16(22-12)23-8-7-18-13(23)2)19-5-6-20-17(24)14-3-9-25-10-4-14/h7-8,11,14H,3-6,9-10H2,1-2H3,(H,20,24)(H,19,21,22). The summed E-state index contributed by atoms with van der Waals surface area (Å²) in [5, 5.41) is 6.21. The third-order valence-electron chi connectivity index (χ3n) is 4.22. The minimum atomic E-state index is 0.0749. The van der Waals surface area contributed by atoms with Crippen molar-refractivity contribution in [1.29, 1.82) is 0 Å². The van der Waals surface area contributed by atoms with Gasteiger partial charge in [-0.3, -0.25) is 9.36 Å². The van der Waals surface area contributed by atoms with Gasteiger partial charge in [-0.1, -0.05) is 0 Å². The van der Waals surface area contributed by atoms with Gasteiger partial charge in [0.15, 0.2) is 0 Å². The Morgan fingerprint density at radius 3 is 2.80 bits per heavy atom. The molecule has 0 spiro atoms. The largest absolute Gasteiger partial charge is 0.381 e. The first kappa shape index (κ1) is 17.3. The molecule has 0 aromatic carbocycles. The number of aromatic nitrogens is 4. The summed E-state index contributed by atoms with van der Waals surface area (Å²) in [4.78, 5) is 25.1. The van der Waals surface area contributed by atoms with E-state index in [0.29, 0.717) is 32.1 Å². The molecule has 8 nitrogen and oxygen atoms in total. The van der Waals surface area contributed by atoms with Gasteiger partial charge in [0.2, 0.25) is 5.91 Å². The number of nitrogens with zero attached hydrogens (tertiary/aromatic N) is 4. The van der Waals surface area contributed by atoms with Gasteiger partial charge in [-0.15, -0.1) is 0 Å². The Hall–Kier alpha value is -2.48. The monoisotopic (exact) mass is 344 g/mol. The molecule has 8 heteroatoms. The molecule has 134 valence electrons. The summed E-state index contributed by atoms with van der Waals surface area (Å²) in [6.07, 6.45) is 5.22. The molecule has 2 aromatic heterocycles. The highest BCUT2D eigenvalue weighted by molar-refractivity contribution is 5.78. The highest BCUT2D eigenvalue weighted by Gasteiger charge is 2.20. The van der Waals surface area contributed by atoms with Crippen LogP contribution in [0, 0.1) is 19.8 Å². The second kappa shape index (κ2) is 8.06. The van der Waals surface area contributed by atoms with Crippen LogP contribution in [0.25, 0.3) is 5.82 Å². The van der Waals surface area contributed by atoms with Gasteiger partial charge in [-0.05, 0) is 26.7 Å². The molecule has 1 fully saturated rings. The van der Waals surface area contributed by atoms with E-state index in [0.717, 1.165) is 30.3 Å². The van der Waals surface area contributed by atoms with Gasteiger partial charge in [0.05, 0.1) is 0 Å². The van der Waals surface area contributed by atoms with E-state index >= 15 is 0 Å². The van der Waals surface area contributed by atoms with Gasteiger partial charge in [0.1, 0.15) is 23.3 Å². The second-order valence-electron chi connectivity index (χ2n) is 6.11. The summed E-state index contributed by atoms with van der Waals surface area (Å²) >= 11 is 0. The zero-order chi connectivity index (χ0) is 17.6. The Morgan fingerprint density at radius 2 is 2.08 bits per heavy atom. The number of hydrogen-bond donors (Lipinski definition) is 2. The number of hydrogen-bond acceptors (Lipinski definition) is 6. The first-order valence-electron chi connectivity index (χ1n) is 8.59. The summed E-state index contributed by atoms with van der Waals surface area (Å²) < 4.78 is 7.19. The van der Waals surface area contributed by atoms with Crippen LogP contribution in [-0.4, -0.2) is 51.7 Å². The molecule has 1 amide bonds. The van der Waals surface area contributed by atoms with Crippen molar-refractivity contribution in [2.24, 2.45) is 5.92 Å². The van der Waals surface area contributed by atoms with Crippen LogP contribution in [-0.2, 0) is 9.53 Å². The SMILES string of the molecule is Cc1nc(NCCNC(=O)C2CCOCC2)cc(-n2ccnc2C)n1. The van der Waals surface area contributed by atoms with E-state index in [-0.39, 0.29) is 11.8 Å². The Labute approximate surface area is 147 Å². The summed E-state index contributed by atoms with van der Waals surface area (Å²) in [7, 11) is 0. The summed E-state index contributed by atoms with van der Waals surface area (Å²) in [5.41, 5.74) is 0. The van der Waals surface area contributed by atoms with E-state index in [1.54, 1.807) is 6.20 Å². The molecule has 0 saturated carbocycles. The molecule has 0 unspecified atom stereocenters. The van der Waals surface area contributed by atoms with Crippen LogP contribution in [0.2, 0.25) is 0 Å². The topological polar surface area (TPSA) is 94.0 Å². The van der Waals surface area contributed by atoms with E-state index in [9.17, 15) is 4.79 Å². The third kappa shape index (κ3) is 4.54. The molecule has 3 heterocycles. The van der Waals surface area contributed by atoms with Crippen molar-refractivity contribution in [3.63, 3.8) is 0 Å². The molecule has 2 N–H and O–H groups in total. The van der Waals surface area contributed by atoms with E-state index in [2.05, 4.69) is 25.6 Å². The summed E-state index contributed by atoms with van der Waals surface area (Å²) in [5.74, 6) is 3.24. The van der Waals surface area contributed by atoms with Crippen molar-refractivity contribution >= 4 is 11.7 Å². The van der Waals surface area contributed by atoms with Gasteiger partial charge in [0, 0.05) is 50.7 Å². The summed E-state index contributed by atoms with van der Waals surface area (Å²) in [6.45, 7) is 6.29. The average molecular weight is 344 g/mol. The normalized spacial score (nSPS) is 15.1. The van der Waals surface area contributed by atoms with Crippen LogP contribution in [0.1, 0.15) is 24.5 Å². The predicted octanol–water partition coefficient (Wildman–Crippen LogP) is 1.23. The molecule has 0 aliphatic carbocycles. The lowest BCUT2D eigenvalue weighted by molar-refractivity contribution is -0.127. The molecule has 0 atom stereocenters. The first-order valence-corrected chi connectivity index (χ1v) is 8.59. The number of rotatable bonds is 6. The fraction of sp³-hybridized carbons (Fsp3) is 0.529. The fourth-order valence-electron chi connectivity index (χ4n) is 2.87. The number of aryl methyl sites for hydroxylation is 2. The zero-order valence-electron chi connectivity index (χ0n) is 14.7. The molecule has 1 aliphatic rings. The highest BCUT2D eigenvalue weighted by Crippen LogP contribution is 2.14. The van der Waals surface area contributed by atoms with Crippen LogP contribution in [0.15, 0.2) is 18.5 Å². The van der Waals surface area contributed by atoms with Crippen LogP contribution < -0.4 is 10.6 Å². The second-order valence-corrected chi connectivity index (χ2v) is 6.11. The minimum Gasteiger partial charge on any atom is -0.381 e. The Balaban J connectivity index is 1.52. The van der Waals surface area contributed by atoms with Crippen LogP contribution >= 0.6 is 0 Å². The molecule has 2 aromatic rings. The highest BCUT2D eigenvalue weighted by atomic mass is 16.5. The van der Waals surface area contributed by atoms with Crippen molar-refractivity contribution in [2.45, 2.75) is 26.7 Å². The molecule has 0 radical (unpaired) electrons. The summed E-state index contributed by atoms with van der Waals surface area (Å²) in [6, 6.07) is 1.88. The van der Waals surface area contributed by atoms with Gasteiger partial charge in [-0.2, -0.15) is 0 Å². The minimum absolute atomic E-state index is 0.0749. The van der Waals surface area contributed by atoms with Crippen LogP contribution in [0.5, 0.6) is 0 Å². The maximum absolute atomic E-state index is 12.1. The number of anilines is 1. The molecule has 0 bridgehead atoms.